The lowest BCUT2D eigenvalue weighted by molar-refractivity contribution is 0.572. The molecule has 32 heavy (non-hydrogen) atoms. The summed E-state index contributed by atoms with van der Waals surface area (Å²) in [5, 5.41) is 1.94. The molecule has 0 unspecified atom stereocenters. The van der Waals surface area contributed by atoms with Gasteiger partial charge in [-0.05, 0) is 78.1 Å². The number of nitrogens with zero attached hydrogens (tertiary/aromatic N) is 1. The van der Waals surface area contributed by atoms with Crippen LogP contribution in [-0.2, 0) is 6.42 Å². The molecule has 0 amide bonds. The minimum Gasteiger partial charge on any atom is -0.206 e. The lowest BCUT2D eigenvalue weighted by Gasteiger charge is -2.05. The normalized spacial score (nSPS) is 10.3. The van der Waals surface area contributed by atoms with Crippen LogP contribution in [0.3, 0.4) is 0 Å². The van der Waals surface area contributed by atoms with E-state index in [1.807, 2.05) is 5.16 Å². The van der Waals surface area contributed by atoms with Gasteiger partial charge in [0.05, 0.1) is 10.7 Å². The Hall–Kier alpha value is -3.26. The summed E-state index contributed by atoms with van der Waals surface area (Å²) < 4.78 is 56.8. The van der Waals surface area contributed by atoms with Gasteiger partial charge in [-0.1, -0.05) is 43.7 Å². The summed E-state index contributed by atoms with van der Waals surface area (Å²) in [7, 11) is 0. The number of isothiocyanates is 1. The first kappa shape index (κ1) is 23.4. The van der Waals surface area contributed by atoms with E-state index in [9.17, 15) is 17.6 Å². The Labute approximate surface area is 189 Å². The van der Waals surface area contributed by atoms with Gasteiger partial charge in [0, 0.05) is 5.56 Å². The third kappa shape index (κ3) is 5.70. The smallest absolute Gasteiger partial charge is 0.153 e. The van der Waals surface area contributed by atoms with Crippen LogP contribution in [0.2, 0.25) is 0 Å². The number of aryl methyl sites for hydroxylation is 1. The summed E-state index contributed by atoms with van der Waals surface area (Å²) in [4.78, 5) is 3.38. The predicted octanol–water partition coefficient (Wildman–Crippen LogP) is 7.78. The van der Waals surface area contributed by atoms with Crippen LogP contribution in [0.4, 0.5) is 23.2 Å². The second kappa shape index (κ2) is 10.9. The molecule has 0 saturated carbocycles. The minimum absolute atomic E-state index is 0.285. The van der Waals surface area contributed by atoms with Crippen LogP contribution in [-0.4, -0.2) is 5.16 Å². The van der Waals surface area contributed by atoms with E-state index in [0.29, 0.717) is 28.7 Å². The molecular weight excluding hydrogens is 434 g/mol. The van der Waals surface area contributed by atoms with Crippen molar-refractivity contribution in [1.29, 1.82) is 0 Å². The van der Waals surface area contributed by atoms with Crippen molar-refractivity contribution in [2.45, 2.75) is 32.6 Å². The van der Waals surface area contributed by atoms with Crippen molar-refractivity contribution in [3.63, 3.8) is 0 Å². The molecule has 0 aromatic heterocycles. The number of rotatable bonds is 6. The number of hydrogen-bond donors (Lipinski definition) is 0. The van der Waals surface area contributed by atoms with Crippen LogP contribution in [0.15, 0.2) is 53.5 Å². The monoisotopic (exact) mass is 453 g/mol. The lowest BCUT2D eigenvalue weighted by atomic mass is 10.0. The van der Waals surface area contributed by atoms with Gasteiger partial charge in [0.25, 0.3) is 0 Å². The fraction of sp³-hybridized carbons (Fsp3) is 0.192. The molecule has 0 bridgehead atoms. The molecule has 0 saturated heterocycles. The van der Waals surface area contributed by atoms with Crippen LogP contribution >= 0.6 is 12.2 Å². The van der Waals surface area contributed by atoms with Crippen LogP contribution in [0.25, 0.3) is 11.1 Å². The van der Waals surface area contributed by atoms with Gasteiger partial charge >= 0.3 is 0 Å². The fourth-order valence-corrected chi connectivity index (χ4v) is 3.33. The molecule has 162 valence electrons. The van der Waals surface area contributed by atoms with Gasteiger partial charge in [0.1, 0.15) is 17.3 Å². The van der Waals surface area contributed by atoms with Crippen molar-refractivity contribution >= 4 is 23.1 Å². The predicted molar refractivity (Wildman–Crippen MR) is 122 cm³/mol. The van der Waals surface area contributed by atoms with Gasteiger partial charge in [-0.3, -0.25) is 0 Å². The van der Waals surface area contributed by atoms with E-state index in [-0.39, 0.29) is 5.56 Å². The molecule has 0 aliphatic carbocycles. The maximum absolute atomic E-state index is 14.3. The molecule has 0 N–H and O–H groups in total. The molecule has 6 heteroatoms. The molecule has 0 atom stereocenters. The zero-order valence-electron chi connectivity index (χ0n) is 17.3. The number of benzene rings is 3. The highest BCUT2D eigenvalue weighted by Crippen LogP contribution is 2.29. The average molecular weight is 454 g/mol. The summed E-state index contributed by atoms with van der Waals surface area (Å²) >= 11 is 4.39. The van der Waals surface area contributed by atoms with Crippen LogP contribution in [0.1, 0.15) is 42.9 Å². The Morgan fingerprint density at radius 2 is 1.41 bits per heavy atom. The van der Waals surface area contributed by atoms with Gasteiger partial charge in [-0.2, -0.15) is 4.99 Å². The van der Waals surface area contributed by atoms with Crippen LogP contribution in [0.5, 0.6) is 0 Å². The second-order valence-electron chi connectivity index (χ2n) is 7.21. The Balaban J connectivity index is 1.81. The van der Waals surface area contributed by atoms with Gasteiger partial charge in [-0.15, -0.1) is 0 Å². The fourth-order valence-electron chi connectivity index (χ4n) is 3.23. The Kier molecular flexibility index (Phi) is 7.94. The molecule has 0 spiro atoms. The Morgan fingerprint density at radius 1 is 0.781 bits per heavy atom. The maximum atomic E-state index is 14.3. The van der Waals surface area contributed by atoms with E-state index in [4.69, 9.17) is 0 Å². The van der Waals surface area contributed by atoms with Crippen molar-refractivity contribution < 1.29 is 17.6 Å². The highest BCUT2D eigenvalue weighted by molar-refractivity contribution is 7.78. The molecule has 0 radical (unpaired) electrons. The molecule has 0 aliphatic heterocycles. The molecule has 1 nitrogen and oxygen atoms in total. The van der Waals surface area contributed by atoms with E-state index < -0.39 is 29.0 Å². The quantitative estimate of drug-likeness (QED) is 0.122. The highest BCUT2D eigenvalue weighted by atomic mass is 32.1. The zero-order valence-corrected chi connectivity index (χ0v) is 18.1. The van der Waals surface area contributed by atoms with Gasteiger partial charge in [0.2, 0.25) is 0 Å². The number of thiocarbonyl (C=S) groups is 1. The van der Waals surface area contributed by atoms with Gasteiger partial charge < -0.3 is 0 Å². The highest BCUT2D eigenvalue weighted by Gasteiger charge is 2.12. The first-order valence-corrected chi connectivity index (χ1v) is 10.5. The summed E-state index contributed by atoms with van der Waals surface area (Å²) in [5.74, 6) is 2.18. The Bertz CT molecular complexity index is 1190. The van der Waals surface area contributed by atoms with E-state index in [1.165, 1.54) is 12.1 Å². The summed E-state index contributed by atoms with van der Waals surface area (Å²) in [6, 6.07) is 11.4. The Morgan fingerprint density at radius 3 is 1.97 bits per heavy atom. The first-order valence-electron chi connectivity index (χ1n) is 10.1. The van der Waals surface area contributed by atoms with Crippen LogP contribution < -0.4 is 0 Å². The van der Waals surface area contributed by atoms with Crippen molar-refractivity contribution in [2.75, 3.05) is 0 Å². The van der Waals surface area contributed by atoms with E-state index in [1.54, 1.807) is 24.3 Å². The lowest BCUT2D eigenvalue weighted by Crippen LogP contribution is -1.95. The molecule has 0 heterocycles. The van der Waals surface area contributed by atoms with E-state index >= 15 is 0 Å². The van der Waals surface area contributed by atoms with Crippen molar-refractivity contribution in [3.8, 4) is 23.0 Å². The summed E-state index contributed by atoms with van der Waals surface area (Å²) in [6.07, 6.45) is 3.54. The van der Waals surface area contributed by atoms with Crippen LogP contribution in [0, 0.1) is 35.1 Å². The molecule has 0 fully saturated rings. The largest absolute Gasteiger partial charge is 0.206 e. The standard InChI is InChI=1S/C26H19F4NS/c1-2-3-4-5-18-12-22(27)21(23(28)13-18)11-8-17-6-9-19(10-7-17)20-14-24(29)26(31-16-32)25(30)15-20/h6-7,9-10,12-15H,2-5H2,1H3. The van der Waals surface area contributed by atoms with Crippen molar-refractivity contribution in [1.82, 2.24) is 0 Å². The van der Waals surface area contributed by atoms with Gasteiger partial charge in [0.15, 0.2) is 11.6 Å². The number of halogens is 4. The average Bonchev–Trinajstić information content (AvgIpc) is 2.76. The third-order valence-electron chi connectivity index (χ3n) is 4.90. The summed E-state index contributed by atoms with van der Waals surface area (Å²) in [6.45, 7) is 2.07. The van der Waals surface area contributed by atoms with Crippen molar-refractivity contribution in [2.24, 2.45) is 4.99 Å². The number of aliphatic imine (C=N–C) groups is 1. The SMILES string of the molecule is CCCCCc1cc(F)c(C#Cc2ccc(-c3cc(F)c(N=C=S)c(F)c3)cc2)c(F)c1. The van der Waals surface area contributed by atoms with Gasteiger partial charge in [-0.25, -0.2) is 17.6 Å². The molecule has 3 rings (SSSR count). The van der Waals surface area contributed by atoms with Crippen molar-refractivity contribution in [3.05, 3.63) is 88.5 Å². The zero-order chi connectivity index (χ0) is 23.1. The number of hydrogen-bond acceptors (Lipinski definition) is 2. The first-order chi connectivity index (χ1) is 15.4. The third-order valence-corrected chi connectivity index (χ3v) is 4.99. The van der Waals surface area contributed by atoms with E-state index in [0.717, 1.165) is 31.4 Å². The van der Waals surface area contributed by atoms with E-state index in [2.05, 4.69) is 36.0 Å². The number of unbranched alkanes of at least 4 members (excludes halogenated alkanes) is 2. The summed E-state index contributed by atoms with van der Waals surface area (Å²) in [5.41, 5.74) is 1.19. The second-order valence-corrected chi connectivity index (χ2v) is 7.39. The maximum Gasteiger partial charge on any atom is 0.153 e. The molecule has 3 aromatic carbocycles. The topological polar surface area (TPSA) is 12.4 Å². The minimum atomic E-state index is -0.856. The molecular formula is C26H19F4NS. The molecule has 0 aliphatic rings. The molecule has 3 aromatic rings.